The Bertz CT molecular complexity index is 506. The fourth-order valence-corrected chi connectivity index (χ4v) is 2.09. The Morgan fingerprint density at radius 2 is 1.91 bits per heavy atom. The molecule has 1 amide bonds. The lowest BCUT2D eigenvalue weighted by Crippen LogP contribution is -2.40. The normalized spacial score (nSPS) is 12.5. The Balaban J connectivity index is 2.67. The minimum absolute atomic E-state index is 0.0543. The molecule has 0 unspecified atom stereocenters. The van der Waals surface area contributed by atoms with Crippen molar-refractivity contribution in [3.8, 4) is 0 Å². The molecule has 1 aromatic rings. The van der Waals surface area contributed by atoms with Crippen LogP contribution in [-0.2, 0) is 11.2 Å². The zero-order chi connectivity index (χ0) is 16.8. The lowest BCUT2D eigenvalue weighted by Gasteiger charge is -2.23. The molecule has 1 N–H and O–H groups in total. The van der Waals surface area contributed by atoms with E-state index in [0.717, 1.165) is 18.4 Å². The third kappa shape index (κ3) is 6.56. The van der Waals surface area contributed by atoms with Crippen LogP contribution < -0.4 is 5.32 Å². The van der Waals surface area contributed by atoms with Crippen molar-refractivity contribution in [2.24, 2.45) is 0 Å². The van der Waals surface area contributed by atoms with Crippen molar-refractivity contribution >= 4 is 11.8 Å². The van der Waals surface area contributed by atoms with Crippen LogP contribution in [0.25, 0.3) is 0 Å². The number of hydrogen-bond donors (Lipinski definition) is 1. The summed E-state index contributed by atoms with van der Waals surface area (Å²) >= 11 is 0. The van der Waals surface area contributed by atoms with Gasteiger partial charge >= 0.3 is 6.09 Å². The minimum Gasteiger partial charge on any atom is -0.444 e. The highest BCUT2D eigenvalue weighted by molar-refractivity contribution is 5.68. The van der Waals surface area contributed by atoms with Gasteiger partial charge in [0.2, 0.25) is 0 Å². The number of non-ortho nitro benzene ring substituents is 1. The van der Waals surface area contributed by atoms with E-state index in [-0.39, 0.29) is 11.7 Å². The van der Waals surface area contributed by atoms with Crippen LogP contribution in [0.2, 0.25) is 0 Å². The number of nitro benzene ring substituents is 1. The summed E-state index contributed by atoms with van der Waals surface area (Å²) < 4.78 is 5.26. The summed E-state index contributed by atoms with van der Waals surface area (Å²) in [6, 6.07) is 6.34. The summed E-state index contributed by atoms with van der Waals surface area (Å²) in [5.74, 6) is 0. The molecule has 0 fully saturated rings. The second kappa shape index (κ2) is 7.77. The average molecular weight is 308 g/mol. The topological polar surface area (TPSA) is 81.5 Å². The Kier molecular flexibility index (Phi) is 6.34. The van der Waals surface area contributed by atoms with E-state index in [1.807, 2.05) is 27.7 Å². The van der Waals surface area contributed by atoms with E-state index >= 15 is 0 Å². The van der Waals surface area contributed by atoms with E-state index in [1.54, 1.807) is 12.1 Å². The van der Waals surface area contributed by atoms with Gasteiger partial charge in [-0.25, -0.2) is 4.79 Å². The van der Waals surface area contributed by atoms with Crippen LogP contribution in [0.4, 0.5) is 10.5 Å². The first-order valence-corrected chi connectivity index (χ1v) is 7.44. The standard InChI is InChI=1S/C16H24N2O4/c1-5-6-13(17-15(19)22-16(2,3)4)11-12-7-9-14(10-8-12)18(20)21/h7-10,13H,5-6,11H2,1-4H3,(H,17,19)/t13-/m1/s1. The highest BCUT2D eigenvalue weighted by Gasteiger charge is 2.19. The van der Waals surface area contributed by atoms with Gasteiger partial charge in [0.05, 0.1) is 4.92 Å². The van der Waals surface area contributed by atoms with Crippen LogP contribution in [-0.4, -0.2) is 22.7 Å². The van der Waals surface area contributed by atoms with Crippen molar-refractivity contribution in [3.05, 3.63) is 39.9 Å². The number of nitrogens with zero attached hydrogens (tertiary/aromatic N) is 1. The Hall–Kier alpha value is -2.11. The summed E-state index contributed by atoms with van der Waals surface area (Å²) in [6.07, 6.45) is 1.92. The molecule has 1 atom stereocenters. The molecule has 22 heavy (non-hydrogen) atoms. The first-order valence-electron chi connectivity index (χ1n) is 7.44. The Morgan fingerprint density at radius 3 is 2.36 bits per heavy atom. The monoisotopic (exact) mass is 308 g/mol. The van der Waals surface area contributed by atoms with Gasteiger partial charge < -0.3 is 10.1 Å². The molecule has 0 aliphatic carbocycles. The number of rotatable bonds is 6. The van der Waals surface area contributed by atoms with Crippen LogP contribution in [0.1, 0.15) is 46.1 Å². The van der Waals surface area contributed by atoms with Crippen molar-refractivity contribution in [1.29, 1.82) is 0 Å². The fourth-order valence-electron chi connectivity index (χ4n) is 2.09. The molecule has 0 radical (unpaired) electrons. The molecule has 0 bridgehead atoms. The van der Waals surface area contributed by atoms with Crippen LogP contribution in [0.3, 0.4) is 0 Å². The van der Waals surface area contributed by atoms with Crippen LogP contribution in [0.5, 0.6) is 0 Å². The SMILES string of the molecule is CCC[C@H](Cc1ccc([N+](=O)[O-])cc1)NC(=O)OC(C)(C)C. The van der Waals surface area contributed by atoms with Crippen LogP contribution in [0, 0.1) is 10.1 Å². The smallest absolute Gasteiger partial charge is 0.407 e. The Labute approximate surface area is 131 Å². The molecule has 0 aliphatic heterocycles. The fraction of sp³-hybridized carbons (Fsp3) is 0.562. The predicted molar refractivity (Wildman–Crippen MR) is 84.9 cm³/mol. The van der Waals surface area contributed by atoms with Gasteiger partial charge in [-0.2, -0.15) is 0 Å². The molecule has 0 heterocycles. The van der Waals surface area contributed by atoms with E-state index in [4.69, 9.17) is 4.74 Å². The molecular weight excluding hydrogens is 284 g/mol. The lowest BCUT2D eigenvalue weighted by molar-refractivity contribution is -0.384. The third-order valence-electron chi connectivity index (χ3n) is 2.99. The van der Waals surface area contributed by atoms with Crippen molar-refractivity contribution in [2.75, 3.05) is 0 Å². The maximum atomic E-state index is 11.9. The molecule has 0 saturated heterocycles. The molecule has 6 nitrogen and oxygen atoms in total. The number of carbonyl (C=O) groups excluding carboxylic acids is 1. The maximum absolute atomic E-state index is 11.9. The van der Waals surface area contributed by atoms with Gasteiger partial charge in [-0.15, -0.1) is 0 Å². The number of nitro groups is 1. The summed E-state index contributed by atoms with van der Waals surface area (Å²) in [4.78, 5) is 22.1. The summed E-state index contributed by atoms with van der Waals surface area (Å²) in [6.45, 7) is 7.49. The summed E-state index contributed by atoms with van der Waals surface area (Å²) in [7, 11) is 0. The number of benzene rings is 1. The predicted octanol–water partition coefficient (Wildman–Crippen LogP) is 3.83. The van der Waals surface area contributed by atoms with Crippen molar-refractivity contribution in [3.63, 3.8) is 0 Å². The molecule has 1 rings (SSSR count). The number of ether oxygens (including phenoxy) is 1. The van der Waals surface area contributed by atoms with Crippen molar-refractivity contribution < 1.29 is 14.5 Å². The highest BCUT2D eigenvalue weighted by atomic mass is 16.6. The zero-order valence-electron chi connectivity index (χ0n) is 13.6. The van der Waals surface area contributed by atoms with Gasteiger partial charge in [-0.3, -0.25) is 10.1 Å². The molecule has 0 aromatic heterocycles. The quantitative estimate of drug-likeness (QED) is 0.639. The number of alkyl carbamates (subject to hydrolysis) is 1. The maximum Gasteiger partial charge on any atom is 0.407 e. The van der Waals surface area contributed by atoms with Gasteiger partial charge in [-0.1, -0.05) is 25.5 Å². The largest absolute Gasteiger partial charge is 0.444 e. The minimum atomic E-state index is -0.534. The van der Waals surface area contributed by atoms with E-state index in [1.165, 1.54) is 12.1 Å². The van der Waals surface area contributed by atoms with Crippen molar-refractivity contribution in [1.82, 2.24) is 5.32 Å². The third-order valence-corrected chi connectivity index (χ3v) is 2.99. The molecule has 0 saturated carbocycles. The van der Waals surface area contributed by atoms with Crippen LogP contribution >= 0.6 is 0 Å². The van der Waals surface area contributed by atoms with Crippen molar-refractivity contribution in [2.45, 2.75) is 58.6 Å². The molecule has 0 aliphatic rings. The number of amides is 1. The van der Waals surface area contributed by atoms with Gasteiger partial charge in [0.1, 0.15) is 5.60 Å². The van der Waals surface area contributed by atoms with Gasteiger partial charge in [0.25, 0.3) is 5.69 Å². The number of nitrogens with one attached hydrogen (secondary N) is 1. The van der Waals surface area contributed by atoms with Gasteiger partial charge in [-0.05, 0) is 39.2 Å². The van der Waals surface area contributed by atoms with Gasteiger partial charge in [0, 0.05) is 18.2 Å². The average Bonchev–Trinajstić information content (AvgIpc) is 2.37. The first-order chi connectivity index (χ1) is 10.2. The first kappa shape index (κ1) is 17.9. The second-order valence-electron chi connectivity index (χ2n) is 6.26. The van der Waals surface area contributed by atoms with E-state index in [2.05, 4.69) is 5.32 Å². The highest BCUT2D eigenvalue weighted by Crippen LogP contribution is 2.15. The van der Waals surface area contributed by atoms with E-state index in [0.29, 0.717) is 6.42 Å². The summed E-state index contributed by atoms with van der Waals surface area (Å²) in [5.41, 5.74) is 0.477. The number of hydrogen-bond acceptors (Lipinski definition) is 4. The lowest BCUT2D eigenvalue weighted by atomic mass is 10.0. The van der Waals surface area contributed by atoms with Gasteiger partial charge in [0.15, 0.2) is 0 Å². The van der Waals surface area contributed by atoms with E-state index < -0.39 is 16.6 Å². The molecule has 122 valence electrons. The Morgan fingerprint density at radius 1 is 1.32 bits per heavy atom. The second-order valence-corrected chi connectivity index (χ2v) is 6.26. The summed E-state index contributed by atoms with van der Waals surface area (Å²) in [5, 5.41) is 13.5. The zero-order valence-corrected chi connectivity index (χ0v) is 13.6. The molecule has 6 heteroatoms. The van der Waals surface area contributed by atoms with Crippen LogP contribution in [0.15, 0.2) is 24.3 Å². The van der Waals surface area contributed by atoms with E-state index in [9.17, 15) is 14.9 Å². The molecular formula is C16H24N2O4. The molecule has 0 spiro atoms. The molecule has 1 aromatic carbocycles. The number of carbonyl (C=O) groups is 1.